The number of hydrogen-bond donors (Lipinski definition) is 1. The normalized spacial score (nSPS) is 11.2. The van der Waals surface area contributed by atoms with Crippen LogP contribution in [0.15, 0.2) is 24.3 Å². The van der Waals surface area contributed by atoms with Crippen molar-refractivity contribution in [3.8, 4) is 0 Å². The lowest BCUT2D eigenvalue weighted by molar-refractivity contribution is -0.137. The number of carboxylic acid groups (broad SMARTS) is 1. The van der Waals surface area contributed by atoms with Crippen molar-refractivity contribution in [1.82, 2.24) is 0 Å². The van der Waals surface area contributed by atoms with E-state index in [1.807, 2.05) is 6.92 Å². The first-order valence-electron chi connectivity index (χ1n) is 6.32. The topological polar surface area (TPSA) is 88.5 Å². The summed E-state index contributed by atoms with van der Waals surface area (Å²) in [6.45, 7) is 1.88. The molecule has 0 aliphatic carbocycles. The van der Waals surface area contributed by atoms with Crippen molar-refractivity contribution in [1.29, 1.82) is 0 Å². The van der Waals surface area contributed by atoms with E-state index in [4.69, 9.17) is 5.11 Å². The summed E-state index contributed by atoms with van der Waals surface area (Å²) in [5, 5.41) is 8.46. The number of carbonyl (C=O) groups is 2. The minimum absolute atomic E-state index is 0.0541. The molecule has 0 fully saturated rings. The average molecular weight is 298 g/mol. The lowest BCUT2D eigenvalue weighted by Gasteiger charge is -2.04. The van der Waals surface area contributed by atoms with Crippen molar-refractivity contribution in [2.24, 2.45) is 0 Å². The molecule has 20 heavy (non-hydrogen) atoms. The Morgan fingerprint density at radius 3 is 2.25 bits per heavy atom. The quantitative estimate of drug-likeness (QED) is 0.584. The SMILES string of the molecule is Cc1ccc(C(=O)CS(=O)(=O)CCCCC(=O)O)cc1. The first-order valence-corrected chi connectivity index (χ1v) is 8.14. The minimum atomic E-state index is -3.48. The van der Waals surface area contributed by atoms with Crippen LogP contribution in [0.1, 0.15) is 35.2 Å². The fourth-order valence-corrected chi connectivity index (χ4v) is 3.05. The number of aryl methyl sites for hydroxylation is 1. The minimum Gasteiger partial charge on any atom is -0.481 e. The first kappa shape index (κ1) is 16.4. The van der Waals surface area contributed by atoms with E-state index in [1.165, 1.54) is 0 Å². The molecule has 5 nitrogen and oxygen atoms in total. The average Bonchev–Trinajstić information content (AvgIpc) is 2.34. The number of carbonyl (C=O) groups excluding carboxylic acids is 1. The molecule has 0 heterocycles. The highest BCUT2D eigenvalue weighted by molar-refractivity contribution is 7.92. The van der Waals surface area contributed by atoms with E-state index in [-0.39, 0.29) is 18.6 Å². The second-order valence-corrected chi connectivity index (χ2v) is 6.92. The van der Waals surface area contributed by atoms with Crippen molar-refractivity contribution in [3.05, 3.63) is 35.4 Å². The maximum Gasteiger partial charge on any atom is 0.303 e. The van der Waals surface area contributed by atoms with Crippen LogP contribution >= 0.6 is 0 Å². The number of sulfone groups is 1. The van der Waals surface area contributed by atoms with Gasteiger partial charge in [-0.3, -0.25) is 9.59 Å². The molecule has 0 aliphatic heterocycles. The summed E-state index contributed by atoms with van der Waals surface area (Å²) in [5.74, 6) is -2.05. The fraction of sp³-hybridized carbons (Fsp3) is 0.429. The molecule has 0 saturated heterocycles. The molecular weight excluding hydrogens is 280 g/mol. The summed E-state index contributed by atoms with van der Waals surface area (Å²) in [6, 6.07) is 6.73. The van der Waals surface area contributed by atoms with E-state index in [9.17, 15) is 18.0 Å². The lowest BCUT2D eigenvalue weighted by atomic mass is 10.1. The zero-order chi connectivity index (χ0) is 15.2. The molecule has 0 bridgehead atoms. The third kappa shape index (κ3) is 5.97. The van der Waals surface area contributed by atoms with Gasteiger partial charge in [-0.2, -0.15) is 0 Å². The van der Waals surface area contributed by atoms with Gasteiger partial charge in [-0.25, -0.2) is 8.42 Å². The predicted molar refractivity (Wildman–Crippen MR) is 75.7 cm³/mol. The number of unbranched alkanes of at least 4 members (excludes halogenated alkanes) is 1. The highest BCUT2D eigenvalue weighted by atomic mass is 32.2. The van der Waals surface area contributed by atoms with Gasteiger partial charge in [-0.15, -0.1) is 0 Å². The molecule has 1 aromatic rings. The van der Waals surface area contributed by atoms with Crippen LogP contribution in [-0.4, -0.2) is 36.8 Å². The smallest absolute Gasteiger partial charge is 0.303 e. The molecule has 110 valence electrons. The Balaban J connectivity index is 2.51. The largest absolute Gasteiger partial charge is 0.481 e. The molecule has 0 saturated carbocycles. The maximum atomic E-state index is 11.8. The van der Waals surface area contributed by atoms with Gasteiger partial charge in [0, 0.05) is 12.0 Å². The molecule has 0 spiro atoms. The number of benzene rings is 1. The van der Waals surface area contributed by atoms with Gasteiger partial charge in [0.25, 0.3) is 0 Å². The van der Waals surface area contributed by atoms with Crippen molar-refractivity contribution < 1.29 is 23.1 Å². The fourth-order valence-electron chi connectivity index (χ4n) is 1.69. The number of aliphatic carboxylic acids is 1. The molecule has 1 N–H and O–H groups in total. The van der Waals surface area contributed by atoms with Crippen LogP contribution < -0.4 is 0 Å². The molecule has 1 rings (SSSR count). The summed E-state index contributed by atoms with van der Waals surface area (Å²) in [4.78, 5) is 22.1. The van der Waals surface area contributed by atoms with Crippen molar-refractivity contribution in [2.75, 3.05) is 11.5 Å². The summed E-state index contributed by atoms with van der Waals surface area (Å²) in [5.41, 5.74) is 1.38. The molecule has 6 heteroatoms. The van der Waals surface area contributed by atoms with Gasteiger partial charge in [0.15, 0.2) is 15.6 Å². The summed E-state index contributed by atoms with van der Waals surface area (Å²) in [6.07, 6.45) is 0.504. The molecular formula is C14H18O5S. The molecule has 0 aromatic heterocycles. The zero-order valence-electron chi connectivity index (χ0n) is 11.3. The number of carboxylic acids is 1. The maximum absolute atomic E-state index is 11.8. The monoisotopic (exact) mass is 298 g/mol. The molecule has 0 unspecified atom stereocenters. The summed E-state index contributed by atoms with van der Waals surface area (Å²) < 4.78 is 23.5. The zero-order valence-corrected chi connectivity index (χ0v) is 12.1. The van der Waals surface area contributed by atoms with Crippen molar-refractivity contribution >= 4 is 21.6 Å². The van der Waals surface area contributed by atoms with Crippen LogP contribution in [0.2, 0.25) is 0 Å². The molecule has 1 aromatic carbocycles. The Bertz CT molecular complexity index is 572. The Hall–Kier alpha value is -1.69. The number of rotatable bonds is 8. The molecule has 0 amide bonds. The van der Waals surface area contributed by atoms with E-state index in [0.717, 1.165) is 5.56 Å². The van der Waals surface area contributed by atoms with Crippen LogP contribution in [-0.2, 0) is 14.6 Å². The highest BCUT2D eigenvalue weighted by Crippen LogP contribution is 2.08. The van der Waals surface area contributed by atoms with E-state index in [2.05, 4.69) is 0 Å². The van der Waals surface area contributed by atoms with Crippen LogP contribution in [0.3, 0.4) is 0 Å². The van der Waals surface area contributed by atoms with Gasteiger partial charge in [-0.05, 0) is 19.8 Å². The van der Waals surface area contributed by atoms with Crippen LogP contribution in [0, 0.1) is 6.92 Å². The second kappa shape index (κ2) is 7.19. The van der Waals surface area contributed by atoms with Crippen LogP contribution in [0.25, 0.3) is 0 Å². The van der Waals surface area contributed by atoms with Gasteiger partial charge < -0.3 is 5.11 Å². The molecule has 0 atom stereocenters. The first-order chi connectivity index (χ1) is 9.30. The molecule has 0 aliphatic rings. The number of ketones is 1. The van der Waals surface area contributed by atoms with E-state index >= 15 is 0 Å². The van der Waals surface area contributed by atoms with Gasteiger partial charge in [-0.1, -0.05) is 29.8 Å². The lowest BCUT2D eigenvalue weighted by Crippen LogP contribution is -2.19. The van der Waals surface area contributed by atoms with Gasteiger partial charge in [0.05, 0.1) is 5.75 Å². The Kier molecular flexibility index (Phi) is 5.88. The predicted octanol–water partition coefficient (Wildman–Crippen LogP) is 1.85. The molecule has 0 radical (unpaired) electrons. The van der Waals surface area contributed by atoms with E-state index < -0.39 is 27.3 Å². The third-order valence-corrected chi connectivity index (χ3v) is 4.43. The van der Waals surface area contributed by atoms with E-state index in [1.54, 1.807) is 24.3 Å². The Morgan fingerprint density at radius 2 is 1.70 bits per heavy atom. The standard InChI is InChI=1S/C14H18O5S/c1-11-5-7-12(8-6-11)13(15)10-20(18,19)9-3-2-4-14(16)17/h5-8H,2-4,9-10H2,1H3,(H,16,17). The Labute approximate surface area is 118 Å². The van der Waals surface area contributed by atoms with Gasteiger partial charge in [0.1, 0.15) is 5.75 Å². The summed E-state index contributed by atoms with van der Waals surface area (Å²) in [7, 11) is -3.48. The van der Waals surface area contributed by atoms with Crippen LogP contribution in [0.4, 0.5) is 0 Å². The Morgan fingerprint density at radius 1 is 1.10 bits per heavy atom. The highest BCUT2D eigenvalue weighted by Gasteiger charge is 2.17. The van der Waals surface area contributed by atoms with Gasteiger partial charge >= 0.3 is 5.97 Å². The summed E-state index contributed by atoms with van der Waals surface area (Å²) >= 11 is 0. The van der Waals surface area contributed by atoms with E-state index in [0.29, 0.717) is 12.0 Å². The van der Waals surface area contributed by atoms with Gasteiger partial charge in [0.2, 0.25) is 0 Å². The van der Waals surface area contributed by atoms with Crippen LogP contribution in [0.5, 0.6) is 0 Å². The van der Waals surface area contributed by atoms with Crippen molar-refractivity contribution in [3.63, 3.8) is 0 Å². The second-order valence-electron chi connectivity index (χ2n) is 4.73. The number of hydrogen-bond acceptors (Lipinski definition) is 4. The van der Waals surface area contributed by atoms with Crippen molar-refractivity contribution in [2.45, 2.75) is 26.2 Å². The number of Topliss-reactive ketones (excluding diaryl/α,β-unsaturated/α-hetero) is 1. The third-order valence-electron chi connectivity index (χ3n) is 2.82.